The summed E-state index contributed by atoms with van der Waals surface area (Å²) in [7, 11) is 0. The number of benzene rings is 1. The van der Waals surface area contributed by atoms with Crippen molar-refractivity contribution >= 4 is 0 Å². The Morgan fingerprint density at radius 2 is 1.90 bits per heavy atom. The molecule has 2 saturated heterocycles. The van der Waals surface area contributed by atoms with E-state index in [1.807, 2.05) is 0 Å². The largest absolute Gasteiger partial charge is 0.297 e. The summed E-state index contributed by atoms with van der Waals surface area (Å²) < 4.78 is 0. The number of fused-ring (bicyclic) bond motifs is 1. The maximum absolute atomic E-state index is 2.81. The summed E-state index contributed by atoms with van der Waals surface area (Å²) in [4.78, 5) is 5.59. The van der Waals surface area contributed by atoms with Gasteiger partial charge in [0.15, 0.2) is 0 Å². The van der Waals surface area contributed by atoms with E-state index in [1.165, 1.54) is 63.8 Å². The predicted molar refractivity (Wildman–Crippen MR) is 87.3 cm³/mol. The van der Waals surface area contributed by atoms with E-state index in [-0.39, 0.29) is 0 Å². The number of nitrogens with zero attached hydrogens (tertiary/aromatic N) is 2. The second-order valence-corrected chi connectivity index (χ2v) is 7.81. The lowest BCUT2D eigenvalue weighted by atomic mass is 9.92. The van der Waals surface area contributed by atoms with Crippen LogP contribution in [0, 0.1) is 5.41 Å². The summed E-state index contributed by atoms with van der Waals surface area (Å²) in [6.07, 6.45) is 7.10. The van der Waals surface area contributed by atoms with E-state index in [9.17, 15) is 0 Å². The fraction of sp³-hybridized carbons (Fsp3) is 0.684. The van der Waals surface area contributed by atoms with Gasteiger partial charge in [0.1, 0.15) is 0 Å². The fourth-order valence-electron chi connectivity index (χ4n) is 4.27. The van der Waals surface area contributed by atoms with Crippen LogP contribution in [0.4, 0.5) is 0 Å². The van der Waals surface area contributed by atoms with Gasteiger partial charge in [0, 0.05) is 31.7 Å². The van der Waals surface area contributed by atoms with Crippen LogP contribution in [0.2, 0.25) is 0 Å². The molecule has 3 aliphatic rings. The molecule has 0 radical (unpaired) electrons. The Bertz CT molecular complexity index is 480. The van der Waals surface area contributed by atoms with Crippen LogP contribution in [0.25, 0.3) is 0 Å². The maximum Gasteiger partial charge on any atom is 0.0476 e. The highest BCUT2D eigenvalue weighted by atomic mass is 15.3. The highest BCUT2D eigenvalue weighted by Crippen LogP contribution is 2.47. The molecule has 1 aromatic rings. The van der Waals surface area contributed by atoms with Gasteiger partial charge in [0.05, 0.1) is 0 Å². The van der Waals surface area contributed by atoms with Gasteiger partial charge in [-0.25, -0.2) is 0 Å². The number of hydrogen-bond donors (Lipinski definition) is 0. The van der Waals surface area contributed by atoms with Gasteiger partial charge >= 0.3 is 0 Å². The van der Waals surface area contributed by atoms with Crippen molar-refractivity contribution in [3.05, 3.63) is 35.9 Å². The molecule has 0 bridgehead atoms. The molecule has 4 rings (SSSR count). The molecule has 0 spiro atoms. The normalized spacial score (nSPS) is 32.6. The van der Waals surface area contributed by atoms with Crippen LogP contribution in [0.3, 0.4) is 0 Å². The van der Waals surface area contributed by atoms with E-state index in [4.69, 9.17) is 0 Å². The molecule has 3 fully saturated rings. The van der Waals surface area contributed by atoms with E-state index in [0.717, 1.165) is 6.04 Å². The van der Waals surface area contributed by atoms with Crippen molar-refractivity contribution in [2.24, 2.45) is 5.41 Å². The van der Waals surface area contributed by atoms with E-state index in [2.05, 4.69) is 47.1 Å². The Morgan fingerprint density at radius 3 is 2.67 bits per heavy atom. The monoisotopic (exact) mass is 284 g/mol. The second-order valence-electron chi connectivity index (χ2n) is 7.81. The van der Waals surface area contributed by atoms with Gasteiger partial charge in [-0.2, -0.15) is 0 Å². The quantitative estimate of drug-likeness (QED) is 0.835. The number of hydrogen-bond acceptors (Lipinski definition) is 2. The molecular formula is C19H28N2. The number of piperidine rings is 1. The van der Waals surface area contributed by atoms with Gasteiger partial charge in [0.25, 0.3) is 0 Å². The Hall–Kier alpha value is -0.860. The smallest absolute Gasteiger partial charge is 0.0476 e. The molecule has 21 heavy (non-hydrogen) atoms. The van der Waals surface area contributed by atoms with Crippen molar-refractivity contribution in [2.75, 3.05) is 26.2 Å². The molecule has 2 unspecified atom stereocenters. The summed E-state index contributed by atoms with van der Waals surface area (Å²) in [5.74, 6) is 0. The third-order valence-corrected chi connectivity index (χ3v) is 5.92. The molecule has 2 heteroatoms. The number of piperazine rings is 1. The third kappa shape index (κ3) is 2.89. The second kappa shape index (κ2) is 5.40. The molecule has 2 aliphatic heterocycles. The van der Waals surface area contributed by atoms with Crippen LogP contribution in [0.5, 0.6) is 0 Å². The van der Waals surface area contributed by atoms with Gasteiger partial charge in [-0.1, -0.05) is 43.7 Å². The Balaban J connectivity index is 1.57. The van der Waals surface area contributed by atoms with Crippen LogP contribution < -0.4 is 0 Å². The molecule has 2 atom stereocenters. The lowest BCUT2D eigenvalue weighted by Crippen LogP contribution is -2.56. The summed E-state index contributed by atoms with van der Waals surface area (Å²) in [6.45, 7) is 7.62. The first-order valence-corrected chi connectivity index (χ1v) is 8.77. The first-order chi connectivity index (χ1) is 10.2. The summed E-state index contributed by atoms with van der Waals surface area (Å²) in [5, 5.41) is 0. The summed E-state index contributed by atoms with van der Waals surface area (Å²) >= 11 is 0. The Morgan fingerprint density at radius 1 is 1.10 bits per heavy atom. The molecule has 0 aromatic heterocycles. The van der Waals surface area contributed by atoms with Gasteiger partial charge in [-0.15, -0.1) is 0 Å². The van der Waals surface area contributed by atoms with Crippen LogP contribution in [0.1, 0.15) is 50.6 Å². The van der Waals surface area contributed by atoms with Gasteiger partial charge in [-0.05, 0) is 43.2 Å². The Labute approximate surface area is 129 Å². The lowest BCUT2D eigenvalue weighted by molar-refractivity contribution is -0.000721. The van der Waals surface area contributed by atoms with E-state index in [1.54, 1.807) is 0 Å². The molecular weight excluding hydrogens is 256 g/mol. The molecule has 0 amide bonds. The highest BCUT2D eigenvalue weighted by Gasteiger charge is 2.43. The van der Waals surface area contributed by atoms with Crippen molar-refractivity contribution in [3.8, 4) is 0 Å². The van der Waals surface area contributed by atoms with E-state index in [0.29, 0.717) is 11.5 Å². The van der Waals surface area contributed by atoms with Crippen molar-refractivity contribution in [2.45, 2.75) is 51.1 Å². The molecule has 0 N–H and O–H groups in total. The van der Waals surface area contributed by atoms with Crippen molar-refractivity contribution in [1.82, 2.24) is 9.80 Å². The van der Waals surface area contributed by atoms with Gasteiger partial charge in [-0.3, -0.25) is 9.80 Å². The molecule has 1 aromatic carbocycles. The first kappa shape index (κ1) is 13.8. The van der Waals surface area contributed by atoms with Crippen molar-refractivity contribution < 1.29 is 0 Å². The zero-order valence-corrected chi connectivity index (χ0v) is 13.3. The standard InChI is InChI=1S/C19H28N2/c1-19(10-11-19)15-21-13-17-9-5-6-12-20(17)14-18(21)16-7-3-2-4-8-16/h2-4,7-8,17-18H,5-6,9-15H2,1H3. The van der Waals surface area contributed by atoms with Crippen LogP contribution in [0.15, 0.2) is 30.3 Å². The molecule has 2 nitrogen and oxygen atoms in total. The molecule has 1 aliphatic carbocycles. The lowest BCUT2D eigenvalue weighted by Gasteiger charge is -2.49. The van der Waals surface area contributed by atoms with Gasteiger partial charge in [0.2, 0.25) is 0 Å². The minimum absolute atomic E-state index is 0.609. The fourth-order valence-corrected chi connectivity index (χ4v) is 4.27. The predicted octanol–water partition coefficient (Wildman–Crippen LogP) is 3.70. The highest BCUT2D eigenvalue weighted by molar-refractivity contribution is 5.21. The number of rotatable bonds is 3. The molecule has 1 saturated carbocycles. The maximum atomic E-state index is 2.81. The first-order valence-electron chi connectivity index (χ1n) is 8.77. The summed E-state index contributed by atoms with van der Waals surface area (Å²) in [6, 6.07) is 12.6. The van der Waals surface area contributed by atoms with Crippen molar-refractivity contribution in [1.29, 1.82) is 0 Å². The SMILES string of the molecule is CC1(CN2CC3CCCCN3CC2c2ccccc2)CC1. The third-order valence-electron chi connectivity index (χ3n) is 5.92. The zero-order valence-electron chi connectivity index (χ0n) is 13.3. The minimum atomic E-state index is 0.609. The van der Waals surface area contributed by atoms with E-state index >= 15 is 0 Å². The van der Waals surface area contributed by atoms with Crippen molar-refractivity contribution in [3.63, 3.8) is 0 Å². The van der Waals surface area contributed by atoms with Crippen LogP contribution in [-0.2, 0) is 0 Å². The van der Waals surface area contributed by atoms with Gasteiger partial charge < -0.3 is 0 Å². The summed E-state index contributed by atoms with van der Waals surface area (Å²) in [5.41, 5.74) is 2.13. The van der Waals surface area contributed by atoms with Crippen LogP contribution in [-0.4, -0.2) is 42.0 Å². The molecule has 114 valence electrons. The van der Waals surface area contributed by atoms with Crippen LogP contribution >= 0.6 is 0 Å². The average molecular weight is 284 g/mol. The topological polar surface area (TPSA) is 6.48 Å². The molecule has 2 heterocycles. The zero-order chi connectivity index (χ0) is 14.3. The Kier molecular flexibility index (Phi) is 3.55. The van der Waals surface area contributed by atoms with E-state index < -0.39 is 0 Å². The minimum Gasteiger partial charge on any atom is -0.297 e. The average Bonchev–Trinajstić information content (AvgIpc) is 3.24.